The lowest BCUT2D eigenvalue weighted by Crippen LogP contribution is -2.23. The predicted molar refractivity (Wildman–Crippen MR) is 73.3 cm³/mol. The van der Waals surface area contributed by atoms with Gasteiger partial charge in [0, 0.05) is 18.7 Å². The normalized spacial score (nSPS) is 12.4. The molecule has 3 heteroatoms. The van der Waals surface area contributed by atoms with Crippen molar-refractivity contribution < 1.29 is 0 Å². The summed E-state index contributed by atoms with van der Waals surface area (Å²) in [6.07, 6.45) is 3.21. The van der Waals surface area contributed by atoms with Crippen molar-refractivity contribution in [1.29, 1.82) is 0 Å². The zero-order chi connectivity index (χ0) is 13.1. The van der Waals surface area contributed by atoms with E-state index in [2.05, 4.69) is 51.2 Å². The van der Waals surface area contributed by atoms with Gasteiger partial charge in [-0.2, -0.15) is 5.10 Å². The zero-order valence-corrected chi connectivity index (χ0v) is 12.2. The monoisotopic (exact) mass is 237 g/mol. The maximum Gasteiger partial charge on any atom is 0.0710 e. The molecule has 0 aliphatic carbocycles. The molecule has 0 unspecified atom stereocenters. The number of nitrogens with zero attached hydrogens (tertiary/aromatic N) is 2. The summed E-state index contributed by atoms with van der Waals surface area (Å²) in [5, 5.41) is 8.07. The SMILES string of the molecule is CC(C)CNCCc1cn(C)nc1C(C)(C)C. The highest BCUT2D eigenvalue weighted by Gasteiger charge is 2.21. The van der Waals surface area contributed by atoms with Crippen molar-refractivity contribution in [3.05, 3.63) is 17.5 Å². The second kappa shape index (κ2) is 5.67. The summed E-state index contributed by atoms with van der Waals surface area (Å²) in [6.45, 7) is 13.3. The molecule has 1 rings (SSSR count). The highest BCUT2D eigenvalue weighted by Crippen LogP contribution is 2.24. The fourth-order valence-corrected chi connectivity index (χ4v) is 1.97. The Hall–Kier alpha value is -0.830. The van der Waals surface area contributed by atoms with Crippen LogP contribution in [-0.2, 0) is 18.9 Å². The van der Waals surface area contributed by atoms with Crippen molar-refractivity contribution in [3.63, 3.8) is 0 Å². The lowest BCUT2D eigenvalue weighted by molar-refractivity contribution is 0.537. The van der Waals surface area contributed by atoms with Crippen LogP contribution in [0.5, 0.6) is 0 Å². The number of hydrogen-bond acceptors (Lipinski definition) is 2. The quantitative estimate of drug-likeness (QED) is 0.797. The Morgan fingerprint density at radius 2 is 2.00 bits per heavy atom. The van der Waals surface area contributed by atoms with E-state index in [0.29, 0.717) is 5.92 Å². The fourth-order valence-electron chi connectivity index (χ4n) is 1.97. The Morgan fingerprint density at radius 3 is 2.53 bits per heavy atom. The first kappa shape index (κ1) is 14.2. The number of nitrogens with one attached hydrogen (secondary N) is 1. The summed E-state index contributed by atoms with van der Waals surface area (Å²) in [6, 6.07) is 0. The van der Waals surface area contributed by atoms with Gasteiger partial charge < -0.3 is 5.32 Å². The zero-order valence-electron chi connectivity index (χ0n) is 12.2. The first-order valence-electron chi connectivity index (χ1n) is 6.54. The first-order chi connectivity index (χ1) is 7.80. The summed E-state index contributed by atoms with van der Waals surface area (Å²) in [5.41, 5.74) is 2.73. The molecule has 0 radical (unpaired) electrons. The van der Waals surface area contributed by atoms with Crippen LogP contribution in [0.25, 0.3) is 0 Å². The lowest BCUT2D eigenvalue weighted by atomic mass is 9.89. The van der Waals surface area contributed by atoms with Gasteiger partial charge in [0.25, 0.3) is 0 Å². The lowest BCUT2D eigenvalue weighted by Gasteiger charge is -2.17. The Labute approximate surface area is 106 Å². The van der Waals surface area contributed by atoms with E-state index in [1.54, 1.807) is 0 Å². The largest absolute Gasteiger partial charge is 0.316 e. The minimum atomic E-state index is 0.134. The predicted octanol–water partition coefficient (Wildman–Crippen LogP) is 2.51. The van der Waals surface area contributed by atoms with Crippen LogP contribution in [0.15, 0.2) is 6.20 Å². The van der Waals surface area contributed by atoms with Gasteiger partial charge in [-0.05, 0) is 31.0 Å². The van der Waals surface area contributed by atoms with Gasteiger partial charge in [0.15, 0.2) is 0 Å². The molecule has 1 aromatic heterocycles. The molecule has 0 spiro atoms. The van der Waals surface area contributed by atoms with Crippen molar-refractivity contribution in [3.8, 4) is 0 Å². The van der Waals surface area contributed by atoms with Gasteiger partial charge in [0.2, 0.25) is 0 Å². The van der Waals surface area contributed by atoms with Crippen LogP contribution in [0, 0.1) is 5.92 Å². The van der Waals surface area contributed by atoms with Crippen LogP contribution in [0.1, 0.15) is 45.9 Å². The first-order valence-corrected chi connectivity index (χ1v) is 6.54. The Balaban J connectivity index is 2.59. The molecule has 0 amide bonds. The van der Waals surface area contributed by atoms with Crippen LogP contribution < -0.4 is 5.32 Å². The van der Waals surface area contributed by atoms with E-state index in [-0.39, 0.29) is 5.41 Å². The molecule has 0 aliphatic heterocycles. The average Bonchev–Trinajstić information content (AvgIpc) is 2.53. The third-order valence-corrected chi connectivity index (χ3v) is 2.74. The molecule has 0 fully saturated rings. The Kier molecular flexibility index (Phi) is 4.75. The van der Waals surface area contributed by atoms with E-state index in [1.807, 2.05) is 11.7 Å². The van der Waals surface area contributed by atoms with Gasteiger partial charge in [-0.25, -0.2) is 0 Å². The molecule has 0 aromatic carbocycles. The van der Waals surface area contributed by atoms with Crippen LogP contribution >= 0.6 is 0 Å². The van der Waals surface area contributed by atoms with E-state index in [9.17, 15) is 0 Å². The van der Waals surface area contributed by atoms with Crippen LogP contribution in [-0.4, -0.2) is 22.9 Å². The standard InChI is InChI=1S/C14H27N3/c1-11(2)9-15-8-7-12-10-17(6)16-13(12)14(3,4)5/h10-11,15H,7-9H2,1-6H3. The van der Waals surface area contributed by atoms with E-state index >= 15 is 0 Å². The highest BCUT2D eigenvalue weighted by atomic mass is 15.3. The molecule has 0 saturated carbocycles. The molecule has 0 bridgehead atoms. The molecule has 1 heterocycles. The van der Waals surface area contributed by atoms with Gasteiger partial charge >= 0.3 is 0 Å². The van der Waals surface area contributed by atoms with E-state index in [4.69, 9.17) is 0 Å². The molecule has 0 atom stereocenters. The van der Waals surface area contributed by atoms with Gasteiger partial charge in [-0.15, -0.1) is 0 Å². The Bertz CT molecular complexity index is 345. The molecule has 98 valence electrons. The van der Waals surface area contributed by atoms with Crippen molar-refractivity contribution in [2.45, 2.75) is 46.5 Å². The molecule has 3 nitrogen and oxygen atoms in total. The van der Waals surface area contributed by atoms with Crippen molar-refractivity contribution in [2.24, 2.45) is 13.0 Å². The van der Waals surface area contributed by atoms with E-state index in [1.165, 1.54) is 11.3 Å². The van der Waals surface area contributed by atoms with Gasteiger partial charge in [-0.3, -0.25) is 4.68 Å². The summed E-state index contributed by atoms with van der Waals surface area (Å²) in [4.78, 5) is 0. The van der Waals surface area contributed by atoms with Crippen molar-refractivity contribution in [1.82, 2.24) is 15.1 Å². The van der Waals surface area contributed by atoms with Gasteiger partial charge in [0.05, 0.1) is 5.69 Å². The smallest absolute Gasteiger partial charge is 0.0710 e. The molecular formula is C14H27N3. The summed E-state index contributed by atoms with van der Waals surface area (Å²) >= 11 is 0. The molecule has 17 heavy (non-hydrogen) atoms. The maximum absolute atomic E-state index is 4.58. The van der Waals surface area contributed by atoms with E-state index < -0.39 is 0 Å². The topological polar surface area (TPSA) is 29.9 Å². The van der Waals surface area contributed by atoms with Crippen LogP contribution in [0.2, 0.25) is 0 Å². The third kappa shape index (κ3) is 4.50. The molecule has 0 aliphatic rings. The van der Waals surface area contributed by atoms with Crippen LogP contribution in [0.4, 0.5) is 0 Å². The summed E-state index contributed by atoms with van der Waals surface area (Å²) in [5.74, 6) is 0.714. The van der Waals surface area contributed by atoms with Crippen molar-refractivity contribution >= 4 is 0 Å². The summed E-state index contributed by atoms with van der Waals surface area (Å²) < 4.78 is 1.93. The molecular weight excluding hydrogens is 210 g/mol. The number of rotatable bonds is 5. The minimum Gasteiger partial charge on any atom is -0.316 e. The maximum atomic E-state index is 4.58. The summed E-state index contributed by atoms with van der Waals surface area (Å²) in [7, 11) is 2.00. The van der Waals surface area contributed by atoms with Crippen LogP contribution in [0.3, 0.4) is 0 Å². The fraction of sp³-hybridized carbons (Fsp3) is 0.786. The Morgan fingerprint density at radius 1 is 1.35 bits per heavy atom. The highest BCUT2D eigenvalue weighted by molar-refractivity contribution is 5.24. The van der Waals surface area contributed by atoms with E-state index in [0.717, 1.165) is 19.5 Å². The van der Waals surface area contributed by atoms with Gasteiger partial charge in [-0.1, -0.05) is 34.6 Å². The number of aryl methyl sites for hydroxylation is 1. The second-order valence-corrected chi connectivity index (χ2v) is 6.27. The molecule has 0 saturated heterocycles. The van der Waals surface area contributed by atoms with Crippen molar-refractivity contribution in [2.75, 3.05) is 13.1 Å². The second-order valence-electron chi connectivity index (χ2n) is 6.27. The molecule has 1 N–H and O–H groups in total. The average molecular weight is 237 g/mol. The van der Waals surface area contributed by atoms with Gasteiger partial charge in [0.1, 0.15) is 0 Å². The number of aromatic nitrogens is 2. The third-order valence-electron chi connectivity index (χ3n) is 2.74. The number of hydrogen-bond donors (Lipinski definition) is 1. The minimum absolute atomic E-state index is 0.134. The molecule has 1 aromatic rings.